The number of fused-ring (bicyclic) bond motifs is 9. The maximum absolute atomic E-state index is 13.2. The molecule has 0 saturated heterocycles. The lowest BCUT2D eigenvalue weighted by atomic mass is 9.80. The van der Waals surface area contributed by atoms with Crippen molar-refractivity contribution in [2.45, 2.75) is 32.4 Å². The fourth-order valence-electron chi connectivity index (χ4n) is 8.19. The summed E-state index contributed by atoms with van der Waals surface area (Å²) in [4.78, 5) is 7.78. The molecule has 0 aliphatic heterocycles. The first-order valence-electron chi connectivity index (χ1n) is 16.8. The molecule has 4 nitrogen and oxygen atoms in total. The molecule has 7 heteroatoms. The summed E-state index contributed by atoms with van der Waals surface area (Å²) in [5.74, 6) is 0. The van der Waals surface area contributed by atoms with E-state index in [1.165, 1.54) is 23.3 Å². The highest BCUT2D eigenvalue weighted by atomic mass is 19.4. The highest BCUT2D eigenvalue weighted by Gasteiger charge is 2.41. The third-order valence-electron chi connectivity index (χ3n) is 10.8. The van der Waals surface area contributed by atoms with Crippen LogP contribution in [0, 0.1) is 25.0 Å². The number of aryl methyl sites for hydroxylation is 1. The van der Waals surface area contributed by atoms with E-state index < -0.39 is 11.7 Å². The van der Waals surface area contributed by atoms with E-state index in [9.17, 15) is 18.4 Å². The second kappa shape index (κ2) is 11.0. The Hall–Kier alpha value is -6.57. The Labute approximate surface area is 298 Å². The van der Waals surface area contributed by atoms with Crippen molar-refractivity contribution < 1.29 is 13.2 Å². The van der Waals surface area contributed by atoms with Gasteiger partial charge >= 0.3 is 6.18 Å². The molecule has 248 valence electrons. The van der Waals surface area contributed by atoms with E-state index in [1.807, 2.05) is 24.4 Å². The number of rotatable bonds is 2. The zero-order chi connectivity index (χ0) is 36.1. The van der Waals surface area contributed by atoms with E-state index in [2.05, 4.69) is 103 Å². The number of benzene rings is 6. The van der Waals surface area contributed by atoms with Gasteiger partial charge in [-0.05, 0) is 122 Å². The zero-order valence-electron chi connectivity index (χ0n) is 28.3. The summed E-state index contributed by atoms with van der Waals surface area (Å²) in [7, 11) is 0. The van der Waals surface area contributed by atoms with Gasteiger partial charge in [-0.15, -0.1) is 4.95 Å². The van der Waals surface area contributed by atoms with Gasteiger partial charge in [-0.3, -0.25) is 0 Å². The van der Waals surface area contributed by atoms with Crippen LogP contribution >= 0.6 is 0 Å². The van der Waals surface area contributed by atoms with Gasteiger partial charge in [0, 0.05) is 27.7 Å². The SMILES string of the molecule is [C-]#[N+]/N=C1/c2cc(-c3ccc(C(F)(F)F)cc3)ccc2-c2cc3c(cc21)-c1cc2c(cc1C3(C)C)-c1ccc(-c3ccc(C)cc3)cc1/C2=N/C#N. The normalized spacial score (nSPS) is 15.7. The number of halogens is 3. The Morgan fingerprint density at radius 1 is 0.577 bits per heavy atom. The molecule has 0 heterocycles. The number of nitrogens with zero attached hydrogens (tertiary/aromatic N) is 4. The summed E-state index contributed by atoms with van der Waals surface area (Å²) in [5, 5.41) is 14.1. The van der Waals surface area contributed by atoms with Crippen molar-refractivity contribution in [3.05, 3.63) is 165 Å². The topological polar surface area (TPSA) is 52.9 Å². The van der Waals surface area contributed by atoms with Crippen LogP contribution in [0.4, 0.5) is 13.2 Å². The number of hydrogen-bond donors (Lipinski definition) is 0. The quantitative estimate of drug-likeness (QED) is 0.102. The molecular formula is C45H27F3N4. The lowest BCUT2D eigenvalue weighted by Gasteiger charge is -2.22. The average Bonchev–Trinajstić information content (AvgIpc) is 3.69. The molecule has 0 amide bonds. The standard InChI is InChI=1S/C45H27F3N4/c1-24-5-7-25(8-6-24)27-11-15-30-32-21-40-34(19-38(32)42(51-23-49)36(30)17-27)35-20-39-33(22-41(35)44(40,2)3)31-16-12-28(18-37(31)43(39)52-50-4)26-9-13-29(14-10-26)45(46,47)48/h5-22H,1-3H3/b51-42-,52-43-. The van der Waals surface area contributed by atoms with Crippen LogP contribution in [-0.4, -0.2) is 11.4 Å². The fourth-order valence-corrected chi connectivity index (χ4v) is 8.19. The molecule has 9 rings (SSSR count). The van der Waals surface area contributed by atoms with Gasteiger partial charge in [0.25, 0.3) is 0 Å². The van der Waals surface area contributed by atoms with Gasteiger partial charge in [0.05, 0.1) is 16.4 Å². The van der Waals surface area contributed by atoms with Gasteiger partial charge in [0.15, 0.2) is 5.71 Å². The molecule has 0 unspecified atom stereocenters. The van der Waals surface area contributed by atoms with Crippen molar-refractivity contribution in [1.82, 2.24) is 0 Å². The van der Waals surface area contributed by atoms with E-state index >= 15 is 0 Å². The van der Waals surface area contributed by atoms with Gasteiger partial charge in [0.1, 0.15) is 0 Å². The molecule has 0 atom stereocenters. The Morgan fingerprint density at radius 2 is 1.04 bits per heavy atom. The van der Waals surface area contributed by atoms with Crippen LogP contribution in [0.1, 0.15) is 58.4 Å². The largest absolute Gasteiger partial charge is 0.416 e. The summed E-state index contributed by atoms with van der Waals surface area (Å²) < 4.78 is 39.7. The molecule has 6 aromatic rings. The number of hydrogen-bond acceptors (Lipinski definition) is 3. The number of alkyl halides is 3. The Morgan fingerprint density at radius 3 is 1.54 bits per heavy atom. The molecule has 3 aliphatic rings. The molecule has 52 heavy (non-hydrogen) atoms. The highest BCUT2D eigenvalue weighted by molar-refractivity contribution is 6.27. The van der Waals surface area contributed by atoms with Gasteiger partial charge < -0.3 is 0 Å². The maximum Gasteiger partial charge on any atom is 0.416 e. The molecule has 3 aliphatic carbocycles. The minimum Gasteiger partial charge on any atom is -0.181 e. The molecular weight excluding hydrogens is 654 g/mol. The van der Waals surface area contributed by atoms with E-state index in [4.69, 9.17) is 6.57 Å². The Balaban J connectivity index is 1.16. The average molecular weight is 681 g/mol. The lowest BCUT2D eigenvalue weighted by Crippen LogP contribution is -2.15. The van der Waals surface area contributed by atoms with Crippen molar-refractivity contribution in [3.63, 3.8) is 0 Å². The zero-order valence-corrected chi connectivity index (χ0v) is 28.3. The first kappa shape index (κ1) is 31.4. The Kier molecular flexibility index (Phi) is 6.62. The minimum absolute atomic E-state index is 0.369. The lowest BCUT2D eigenvalue weighted by molar-refractivity contribution is -0.137. The van der Waals surface area contributed by atoms with Crippen LogP contribution in [-0.2, 0) is 11.6 Å². The van der Waals surface area contributed by atoms with Crippen molar-refractivity contribution >= 4 is 11.4 Å². The first-order valence-corrected chi connectivity index (χ1v) is 16.8. The molecule has 0 saturated carbocycles. The first-order chi connectivity index (χ1) is 25.0. The smallest absolute Gasteiger partial charge is 0.181 e. The van der Waals surface area contributed by atoms with Gasteiger partial charge in [0.2, 0.25) is 6.19 Å². The molecule has 0 radical (unpaired) electrons. The summed E-state index contributed by atoms with van der Waals surface area (Å²) in [6, 6.07) is 34.4. The van der Waals surface area contributed by atoms with Crippen LogP contribution in [0.25, 0.3) is 60.6 Å². The van der Waals surface area contributed by atoms with Crippen LogP contribution in [0.5, 0.6) is 0 Å². The van der Waals surface area contributed by atoms with E-state index in [-0.39, 0.29) is 5.41 Å². The third-order valence-corrected chi connectivity index (χ3v) is 10.8. The highest BCUT2D eigenvalue weighted by Crippen LogP contribution is 2.55. The van der Waals surface area contributed by atoms with Gasteiger partial charge in [-0.25, -0.2) is 0 Å². The van der Waals surface area contributed by atoms with Crippen LogP contribution < -0.4 is 0 Å². The summed E-state index contributed by atoms with van der Waals surface area (Å²) in [6.45, 7) is 14.2. The number of aliphatic imine (C=N–C) groups is 1. The molecule has 0 bridgehead atoms. The second-order valence-electron chi connectivity index (χ2n) is 14.1. The number of nitriles is 1. The van der Waals surface area contributed by atoms with E-state index in [0.29, 0.717) is 17.0 Å². The molecule has 0 spiro atoms. The van der Waals surface area contributed by atoms with E-state index in [1.54, 1.807) is 0 Å². The van der Waals surface area contributed by atoms with E-state index in [0.717, 1.165) is 90.0 Å². The van der Waals surface area contributed by atoms with Gasteiger partial charge in [-0.1, -0.05) is 80.1 Å². The van der Waals surface area contributed by atoms with Crippen molar-refractivity contribution in [2.75, 3.05) is 0 Å². The third kappa shape index (κ3) is 4.53. The summed E-state index contributed by atoms with van der Waals surface area (Å²) >= 11 is 0. The monoisotopic (exact) mass is 680 g/mol. The summed E-state index contributed by atoms with van der Waals surface area (Å²) in [6.07, 6.45) is -2.37. The van der Waals surface area contributed by atoms with Crippen molar-refractivity contribution in [2.24, 2.45) is 10.1 Å². The molecule has 6 aromatic carbocycles. The van der Waals surface area contributed by atoms with Crippen LogP contribution in [0.15, 0.2) is 119 Å². The maximum atomic E-state index is 13.2. The molecule has 0 N–H and O–H groups in total. The molecule has 0 fully saturated rings. The fraction of sp³-hybridized carbons (Fsp3) is 0.111. The van der Waals surface area contributed by atoms with Crippen molar-refractivity contribution in [3.8, 4) is 61.8 Å². The second-order valence-corrected chi connectivity index (χ2v) is 14.1. The molecule has 0 aromatic heterocycles. The van der Waals surface area contributed by atoms with Gasteiger partial charge in [-0.2, -0.15) is 30.0 Å². The van der Waals surface area contributed by atoms with Crippen LogP contribution in [0.2, 0.25) is 0 Å². The van der Waals surface area contributed by atoms with Crippen molar-refractivity contribution in [1.29, 1.82) is 5.26 Å². The van der Waals surface area contributed by atoms with Crippen LogP contribution in [0.3, 0.4) is 0 Å². The predicted molar refractivity (Wildman–Crippen MR) is 199 cm³/mol. The predicted octanol–water partition coefficient (Wildman–Crippen LogP) is 11.6. The Bertz CT molecular complexity index is 2700. The minimum atomic E-state index is -4.42. The summed E-state index contributed by atoms with van der Waals surface area (Å²) in [5.41, 5.74) is 16.6.